The van der Waals surface area contributed by atoms with Crippen LogP contribution in [0, 0.1) is 0 Å². The summed E-state index contributed by atoms with van der Waals surface area (Å²) < 4.78 is 0. The third-order valence-electron chi connectivity index (χ3n) is 2.08. The number of aromatic nitrogens is 2. The van der Waals surface area contributed by atoms with Crippen molar-refractivity contribution in [3.8, 4) is 0 Å². The van der Waals surface area contributed by atoms with Gasteiger partial charge < -0.3 is 16.0 Å². The fraction of sp³-hybridized carbons (Fsp3) is 0.0909. The topological polar surface area (TPSA) is 83.8 Å². The molecule has 0 saturated heterocycles. The van der Waals surface area contributed by atoms with Crippen LogP contribution in [-0.2, 0) is 11.2 Å². The number of carbonyl (C=O) groups is 1. The van der Waals surface area contributed by atoms with Gasteiger partial charge in [-0.1, -0.05) is 0 Å². The molecule has 0 bridgehead atoms. The number of hydrogen-bond donors (Lipinski definition) is 3. The summed E-state index contributed by atoms with van der Waals surface area (Å²) in [6.07, 6.45) is 3.63. The van der Waals surface area contributed by atoms with Gasteiger partial charge in [-0.15, -0.1) is 0 Å². The van der Waals surface area contributed by atoms with Gasteiger partial charge in [0.2, 0.25) is 5.91 Å². The van der Waals surface area contributed by atoms with Gasteiger partial charge in [-0.25, -0.2) is 4.98 Å². The van der Waals surface area contributed by atoms with E-state index in [2.05, 4.69) is 15.3 Å². The normalized spacial score (nSPS) is 10.0. The Morgan fingerprint density at radius 1 is 1.44 bits per heavy atom. The van der Waals surface area contributed by atoms with E-state index in [4.69, 9.17) is 5.73 Å². The molecule has 16 heavy (non-hydrogen) atoms. The largest absolute Gasteiger partial charge is 0.384 e. The molecule has 0 unspecified atom stereocenters. The van der Waals surface area contributed by atoms with Crippen molar-refractivity contribution in [3.05, 3.63) is 42.4 Å². The minimum atomic E-state index is -0.0889. The number of pyridine rings is 1. The maximum Gasteiger partial charge on any atom is 0.230 e. The lowest BCUT2D eigenvalue weighted by atomic mass is 10.3. The molecule has 0 aliphatic rings. The van der Waals surface area contributed by atoms with Gasteiger partial charge in [0.15, 0.2) is 0 Å². The van der Waals surface area contributed by atoms with E-state index in [-0.39, 0.29) is 5.91 Å². The SMILES string of the molecule is Nc1ccc(NC(=O)Cc2ccc[nH]2)cn1. The van der Waals surface area contributed by atoms with Crippen LogP contribution in [0.5, 0.6) is 0 Å². The summed E-state index contributed by atoms with van der Waals surface area (Å²) in [4.78, 5) is 18.4. The zero-order valence-corrected chi connectivity index (χ0v) is 8.60. The smallest absolute Gasteiger partial charge is 0.230 e. The van der Waals surface area contributed by atoms with E-state index in [0.717, 1.165) is 5.69 Å². The van der Waals surface area contributed by atoms with Crippen molar-refractivity contribution in [1.29, 1.82) is 0 Å². The molecule has 2 rings (SSSR count). The molecule has 4 N–H and O–H groups in total. The lowest BCUT2D eigenvalue weighted by Gasteiger charge is -2.03. The summed E-state index contributed by atoms with van der Waals surface area (Å²) in [5.41, 5.74) is 6.96. The first-order valence-electron chi connectivity index (χ1n) is 4.88. The molecule has 0 radical (unpaired) electrons. The monoisotopic (exact) mass is 216 g/mol. The molecule has 82 valence electrons. The first-order chi connectivity index (χ1) is 7.74. The Morgan fingerprint density at radius 2 is 2.31 bits per heavy atom. The highest BCUT2D eigenvalue weighted by Gasteiger charge is 2.04. The van der Waals surface area contributed by atoms with Crippen LogP contribution in [0.4, 0.5) is 11.5 Å². The second-order valence-corrected chi connectivity index (χ2v) is 3.39. The first kappa shape index (κ1) is 10.2. The van der Waals surface area contributed by atoms with E-state index in [1.165, 1.54) is 6.20 Å². The van der Waals surface area contributed by atoms with Crippen molar-refractivity contribution in [3.63, 3.8) is 0 Å². The van der Waals surface area contributed by atoms with E-state index in [1.54, 1.807) is 18.3 Å². The lowest BCUT2D eigenvalue weighted by molar-refractivity contribution is -0.115. The van der Waals surface area contributed by atoms with E-state index in [0.29, 0.717) is 17.9 Å². The number of nitrogens with zero attached hydrogens (tertiary/aromatic N) is 1. The Morgan fingerprint density at radius 3 is 2.94 bits per heavy atom. The molecule has 0 aliphatic heterocycles. The highest BCUT2D eigenvalue weighted by atomic mass is 16.1. The quantitative estimate of drug-likeness (QED) is 0.720. The molecule has 5 nitrogen and oxygen atoms in total. The lowest BCUT2D eigenvalue weighted by Crippen LogP contribution is -2.14. The summed E-state index contributed by atoms with van der Waals surface area (Å²) >= 11 is 0. The molecule has 0 aliphatic carbocycles. The van der Waals surface area contributed by atoms with E-state index in [9.17, 15) is 4.79 Å². The van der Waals surface area contributed by atoms with Crippen molar-refractivity contribution in [1.82, 2.24) is 9.97 Å². The van der Waals surface area contributed by atoms with Gasteiger partial charge in [0.1, 0.15) is 5.82 Å². The molecule has 5 heteroatoms. The van der Waals surface area contributed by atoms with Crippen molar-refractivity contribution >= 4 is 17.4 Å². The highest BCUT2D eigenvalue weighted by Crippen LogP contribution is 2.07. The molecule has 2 aromatic rings. The predicted octanol–water partition coefficient (Wildman–Crippen LogP) is 1.17. The van der Waals surface area contributed by atoms with Crippen molar-refractivity contribution in [2.45, 2.75) is 6.42 Å². The maximum atomic E-state index is 11.6. The third-order valence-corrected chi connectivity index (χ3v) is 2.08. The molecular formula is C11H12N4O. The van der Waals surface area contributed by atoms with Crippen LogP contribution < -0.4 is 11.1 Å². The fourth-order valence-corrected chi connectivity index (χ4v) is 1.33. The molecule has 0 aromatic carbocycles. The van der Waals surface area contributed by atoms with Crippen molar-refractivity contribution < 1.29 is 4.79 Å². The minimum Gasteiger partial charge on any atom is -0.384 e. The van der Waals surface area contributed by atoms with Crippen LogP contribution in [0.25, 0.3) is 0 Å². The summed E-state index contributed by atoms with van der Waals surface area (Å²) in [7, 11) is 0. The third kappa shape index (κ3) is 2.60. The van der Waals surface area contributed by atoms with Crippen molar-refractivity contribution in [2.24, 2.45) is 0 Å². The van der Waals surface area contributed by atoms with Crippen LogP contribution in [0.3, 0.4) is 0 Å². The molecule has 2 heterocycles. The number of rotatable bonds is 3. The van der Waals surface area contributed by atoms with E-state index in [1.807, 2.05) is 12.1 Å². The number of nitrogens with two attached hydrogens (primary N) is 1. The Bertz CT molecular complexity index is 461. The summed E-state index contributed by atoms with van der Waals surface area (Å²) in [5.74, 6) is 0.344. The Hall–Kier alpha value is -2.30. The molecule has 2 aromatic heterocycles. The van der Waals surface area contributed by atoms with E-state index >= 15 is 0 Å². The predicted molar refractivity (Wildman–Crippen MR) is 61.8 cm³/mol. The minimum absolute atomic E-state index is 0.0889. The number of H-pyrrole nitrogens is 1. The number of nitrogens with one attached hydrogen (secondary N) is 2. The molecule has 0 saturated carbocycles. The van der Waals surface area contributed by atoms with Gasteiger partial charge in [0, 0.05) is 11.9 Å². The van der Waals surface area contributed by atoms with Crippen LogP contribution in [0.1, 0.15) is 5.69 Å². The van der Waals surface area contributed by atoms with Crippen LogP contribution in [0.15, 0.2) is 36.7 Å². The zero-order valence-electron chi connectivity index (χ0n) is 8.60. The first-order valence-corrected chi connectivity index (χ1v) is 4.88. The number of amides is 1. The van der Waals surface area contributed by atoms with Crippen LogP contribution >= 0.6 is 0 Å². The van der Waals surface area contributed by atoms with Crippen molar-refractivity contribution in [2.75, 3.05) is 11.1 Å². The van der Waals surface area contributed by atoms with Crippen LogP contribution in [-0.4, -0.2) is 15.9 Å². The number of aromatic amines is 1. The Kier molecular flexibility index (Phi) is 2.86. The molecule has 0 spiro atoms. The average Bonchev–Trinajstić information content (AvgIpc) is 2.74. The van der Waals surface area contributed by atoms with E-state index < -0.39 is 0 Å². The number of hydrogen-bond acceptors (Lipinski definition) is 3. The molecule has 0 fully saturated rings. The van der Waals surface area contributed by atoms with Crippen LogP contribution in [0.2, 0.25) is 0 Å². The number of nitrogen functional groups attached to an aromatic ring is 1. The standard InChI is InChI=1S/C11H12N4O/c12-10-4-3-9(7-14-10)15-11(16)6-8-2-1-5-13-8/h1-5,7,13H,6H2,(H2,12,14)(H,15,16). The van der Waals surface area contributed by atoms with Gasteiger partial charge in [0.25, 0.3) is 0 Å². The molecule has 0 atom stereocenters. The highest BCUT2D eigenvalue weighted by molar-refractivity contribution is 5.91. The average molecular weight is 216 g/mol. The number of carbonyl (C=O) groups excluding carboxylic acids is 1. The summed E-state index contributed by atoms with van der Waals surface area (Å²) in [5, 5.41) is 2.73. The van der Waals surface area contributed by atoms with Gasteiger partial charge >= 0.3 is 0 Å². The molecule has 1 amide bonds. The zero-order chi connectivity index (χ0) is 11.4. The van der Waals surface area contributed by atoms with Gasteiger partial charge in [-0.2, -0.15) is 0 Å². The van der Waals surface area contributed by atoms with Gasteiger partial charge in [-0.3, -0.25) is 4.79 Å². The second-order valence-electron chi connectivity index (χ2n) is 3.39. The second kappa shape index (κ2) is 4.48. The summed E-state index contributed by atoms with van der Waals surface area (Å²) in [6, 6.07) is 7.08. The Balaban J connectivity index is 1.95. The fourth-order valence-electron chi connectivity index (χ4n) is 1.33. The van der Waals surface area contributed by atoms with Gasteiger partial charge in [0.05, 0.1) is 18.3 Å². The summed E-state index contributed by atoms with van der Waals surface area (Å²) in [6.45, 7) is 0. The number of anilines is 2. The molecular weight excluding hydrogens is 204 g/mol. The van der Waals surface area contributed by atoms with Gasteiger partial charge in [-0.05, 0) is 24.3 Å². The maximum absolute atomic E-state index is 11.6. The Labute approximate surface area is 92.7 Å².